The van der Waals surface area contributed by atoms with Gasteiger partial charge in [-0.05, 0) is 47.5 Å². The maximum atomic E-state index is 12.1. The van der Waals surface area contributed by atoms with Gasteiger partial charge >= 0.3 is 0 Å². The van der Waals surface area contributed by atoms with Crippen molar-refractivity contribution in [1.82, 2.24) is 5.32 Å². The molecule has 0 heterocycles. The SMILES string of the molecule is CC(CCS(C)=O)NC(=O)c1ccc(Br)c(S(N)(=O)=O)c1. The van der Waals surface area contributed by atoms with E-state index in [0.29, 0.717) is 16.6 Å². The van der Waals surface area contributed by atoms with Gasteiger partial charge in [0.25, 0.3) is 5.91 Å². The third-order valence-electron chi connectivity index (χ3n) is 2.72. The summed E-state index contributed by atoms with van der Waals surface area (Å²) in [6.07, 6.45) is 2.18. The molecule has 6 nitrogen and oxygen atoms in total. The molecule has 0 aliphatic carbocycles. The molecule has 0 saturated heterocycles. The minimum Gasteiger partial charge on any atom is -0.350 e. The molecule has 2 atom stereocenters. The van der Waals surface area contributed by atoms with Gasteiger partial charge in [0, 0.05) is 38.9 Å². The van der Waals surface area contributed by atoms with Crippen LogP contribution in [0.3, 0.4) is 0 Å². The summed E-state index contributed by atoms with van der Waals surface area (Å²) in [6, 6.07) is 4.02. The van der Waals surface area contributed by atoms with Crippen LogP contribution in [0.2, 0.25) is 0 Å². The molecule has 118 valence electrons. The monoisotopic (exact) mass is 396 g/mol. The molecule has 9 heteroatoms. The summed E-state index contributed by atoms with van der Waals surface area (Å²) < 4.78 is 34.1. The quantitative estimate of drug-likeness (QED) is 0.746. The van der Waals surface area contributed by atoms with Gasteiger partial charge in [-0.1, -0.05) is 0 Å². The third kappa shape index (κ3) is 5.85. The molecule has 1 rings (SSSR count). The molecule has 0 aromatic heterocycles. The molecular formula is C12H17BrN2O4S2. The Morgan fingerprint density at radius 3 is 2.62 bits per heavy atom. The van der Waals surface area contributed by atoms with E-state index in [2.05, 4.69) is 21.2 Å². The zero-order valence-corrected chi connectivity index (χ0v) is 14.8. The summed E-state index contributed by atoms with van der Waals surface area (Å²) in [7, 11) is -4.82. The number of primary sulfonamides is 1. The second-order valence-corrected chi connectivity index (χ2v) is 8.57. The molecule has 0 bridgehead atoms. The number of nitrogens with one attached hydrogen (secondary N) is 1. The minimum absolute atomic E-state index is 0.141. The van der Waals surface area contributed by atoms with Crippen LogP contribution in [-0.2, 0) is 20.8 Å². The fourth-order valence-electron chi connectivity index (χ4n) is 1.58. The highest BCUT2D eigenvalue weighted by molar-refractivity contribution is 9.10. The van der Waals surface area contributed by atoms with Crippen molar-refractivity contribution in [3.8, 4) is 0 Å². The molecule has 1 aromatic rings. The Morgan fingerprint density at radius 1 is 1.48 bits per heavy atom. The number of nitrogens with two attached hydrogens (primary N) is 1. The highest BCUT2D eigenvalue weighted by Crippen LogP contribution is 2.22. The van der Waals surface area contributed by atoms with Gasteiger partial charge in [0.05, 0.1) is 4.90 Å². The van der Waals surface area contributed by atoms with Crippen molar-refractivity contribution < 1.29 is 17.4 Å². The second kappa shape index (κ2) is 7.48. The summed E-state index contributed by atoms with van der Waals surface area (Å²) >= 11 is 3.08. The van der Waals surface area contributed by atoms with Gasteiger partial charge < -0.3 is 5.32 Å². The Kier molecular flexibility index (Phi) is 6.51. The van der Waals surface area contributed by atoms with Crippen LogP contribution in [0.4, 0.5) is 0 Å². The first kappa shape index (κ1) is 18.3. The lowest BCUT2D eigenvalue weighted by Crippen LogP contribution is -2.33. The lowest BCUT2D eigenvalue weighted by atomic mass is 10.2. The molecular weight excluding hydrogens is 380 g/mol. The van der Waals surface area contributed by atoms with Crippen LogP contribution in [0.1, 0.15) is 23.7 Å². The van der Waals surface area contributed by atoms with Crippen molar-refractivity contribution in [2.24, 2.45) is 5.14 Å². The van der Waals surface area contributed by atoms with Crippen molar-refractivity contribution in [3.63, 3.8) is 0 Å². The molecule has 0 fully saturated rings. The first-order chi connectivity index (χ1) is 9.61. The van der Waals surface area contributed by atoms with E-state index in [1.54, 1.807) is 13.2 Å². The van der Waals surface area contributed by atoms with E-state index in [9.17, 15) is 17.4 Å². The van der Waals surface area contributed by atoms with Crippen molar-refractivity contribution >= 4 is 42.7 Å². The average Bonchev–Trinajstić information content (AvgIpc) is 2.35. The summed E-state index contributed by atoms with van der Waals surface area (Å²) in [6.45, 7) is 1.80. The van der Waals surface area contributed by atoms with Gasteiger partial charge in [-0.25, -0.2) is 13.6 Å². The standard InChI is InChI=1S/C12H17BrN2O4S2/c1-8(5-6-20(2)17)15-12(16)9-3-4-10(13)11(7-9)21(14,18)19/h3-4,7-8H,5-6H2,1-2H3,(H,15,16)(H2,14,18,19). The van der Waals surface area contributed by atoms with Gasteiger partial charge in [0.15, 0.2) is 0 Å². The maximum Gasteiger partial charge on any atom is 0.251 e. The van der Waals surface area contributed by atoms with E-state index in [4.69, 9.17) is 5.14 Å². The summed E-state index contributed by atoms with van der Waals surface area (Å²) in [5.74, 6) is 0.0892. The van der Waals surface area contributed by atoms with Crippen LogP contribution < -0.4 is 10.5 Å². The van der Waals surface area contributed by atoms with Crippen LogP contribution in [-0.4, -0.2) is 36.6 Å². The zero-order chi connectivity index (χ0) is 16.2. The molecule has 21 heavy (non-hydrogen) atoms. The van der Waals surface area contributed by atoms with Crippen molar-refractivity contribution in [2.75, 3.05) is 12.0 Å². The zero-order valence-electron chi connectivity index (χ0n) is 11.6. The Morgan fingerprint density at radius 2 is 2.10 bits per heavy atom. The van der Waals surface area contributed by atoms with Gasteiger partial charge in [-0.2, -0.15) is 0 Å². The fraction of sp³-hybridized carbons (Fsp3) is 0.417. The van der Waals surface area contributed by atoms with Crippen molar-refractivity contribution in [1.29, 1.82) is 0 Å². The van der Waals surface area contributed by atoms with E-state index in [0.717, 1.165) is 0 Å². The van der Waals surface area contributed by atoms with Crippen molar-refractivity contribution in [2.45, 2.75) is 24.3 Å². The van der Waals surface area contributed by atoms with E-state index >= 15 is 0 Å². The van der Waals surface area contributed by atoms with Gasteiger partial charge in [0.1, 0.15) is 0 Å². The first-order valence-electron chi connectivity index (χ1n) is 6.04. The van der Waals surface area contributed by atoms with Gasteiger partial charge in [-0.15, -0.1) is 0 Å². The molecule has 1 amide bonds. The summed E-state index contributed by atoms with van der Waals surface area (Å²) in [5.41, 5.74) is 0.201. The topological polar surface area (TPSA) is 106 Å². The van der Waals surface area contributed by atoms with Crippen LogP contribution in [0.25, 0.3) is 0 Å². The summed E-state index contributed by atoms with van der Waals surface area (Å²) in [5, 5.41) is 7.81. The number of sulfonamides is 1. The van der Waals surface area contributed by atoms with Crippen LogP contribution in [0, 0.1) is 0 Å². The average molecular weight is 397 g/mol. The Balaban J connectivity index is 2.87. The summed E-state index contributed by atoms with van der Waals surface area (Å²) in [4.78, 5) is 11.9. The molecule has 0 radical (unpaired) electrons. The number of carbonyl (C=O) groups excluding carboxylic acids is 1. The Hall–Kier alpha value is -0.770. The van der Waals surface area contributed by atoms with Gasteiger partial charge in [-0.3, -0.25) is 9.00 Å². The minimum atomic E-state index is -3.91. The fourth-order valence-corrected chi connectivity index (χ4v) is 3.82. The lowest BCUT2D eigenvalue weighted by molar-refractivity contribution is 0.0939. The van der Waals surface area contributed by atoms with E-state index in [1.807, 2.05) is 0 Å². The van der Waals surface area contributed by atoms with E-state index in [1.165, 1.54) is 18.2 Å². The molecule has 3 N–H and O–H groups in total. The Labute approximate surface area is 135 Å². The highest BCUT2D eigenvalue weighted by Gasteiger charge is 2.17. The van der Waals surface area contributed by atoms with E-state index in [-0.39, 0.29) is 16.5 Å². The normalized spacial score (nSPS) is 14.5. The van der Waals surface area contributed by atoms with Gasteiger partial charge in [0.2, 0.25) is 10.0 Å². The molecule has 0 aliphatic heterocycles. The number of halogens is 1. The van der Waals surface area contributed by atoms with E-state index < -0.39 is 26.7 Å². The van der Waals surface area contributed by atoms with Crippen molar-refractivity contribution in [3.05, 3.63) is 28.2 Å². The molecule has 0 saturated carbocycles. The number of benzene rings is 1. The molecule has 2 unspecified atom stereocenters. The Bertz CT molecular complexity index is 661. The van der Waals surface area contributed by atoms with Crippen LogP contribution in [0.15, 0.2) is 27.6 Å². The molecule has 0 spiro atoms. The molecule has 0 aliphatic rings. The number of carbonyl (C=O) groups is 1. The smallest absolute Gasteiger partial charge is 0.251 e. The predicted molar refractivity (Wildman–Crippen MR) is 86.0 cm³/mol. The molecule has 1 aromatic carbocycles. The third-order valence-corrected chi connectivity index (χ3v) is 5.43. The van der Waals surface area contributed by atoms with Crippen LogP contribution in [0.5, 0.6) is 0 Å². The lowest BCUT2D eigenvalue weighted by Gasteiger charge is -2.13. The predicted octanol–water partition coefficient (Wildman–Crippen LogP) is 0.983. The maximum absolute atomic E-state index is 12.1. The number of rotatable bonds is 6. The number of hydrogen-bond donors (Lipinski definition) is 2. The number of hydrogen-bond acceptors (Lipinski definition) is 4. The highest BCUT2D eigenvalue weighted by atomic mass is 79.9. The van der Waals surface area contributed by atoms with Crippen LogP contribution >= 0.6 is 15.9 Å². The first-order valence-corrected chi connectivity index (χ1v) is 10.1. The largest absolute Gasteiger partial charge is 0.350 e. The number of amides is 1. The second-order valence-electron chi connectivity index (χ2n) is 4.63.